The van der Waals surface area contributed by atoms with E-state index in [4.69, 9.17) is 9.72 Å². The molecular formula is C22H20F3N5O. The molecule has 0 amide bonds. The lowest BCUT2D eigenvalue weighted by Crippen LogP contribution is -2.47. The number of nitrogens with zero attached hydrogens (tertiary/aromatic N) is 5. The zero-order valence-electron chi connectivity index (χ0n) is 16.6. The zero-order chi connectivity index (χ0) is 21.5. The van der Waals surface area contributed by atoms with Crippen molar-refractivity contribution in [1.29, 1.82) is 0 Å². The number of hydrogen-bond donors (Lipinski definition) is 0. The molecule has 1 saturated heterocycles. The van der Waals surface area contributed by atoms with Gasteiger partial charge in [0.15, 0.2) is 5.82 Å². The number of anilines is 1. The van der Waals surface area contributed by atoms with Crippen molar-refractivity contribution in [1.82, 2.24) is 19.9 Å². The normalized spacial score (nSPS) is 18.1. The Labute approximate surface area is 177 Å². The van der Waals surface area contributed by atoms with Gasteiger partial charge in [0.25, 0.3) is 0 Å². The van der Waals surface area contributed by atoms with E-state index in [2.05, 4.69) is 15.0 Å². The molecule has 0 aliphatic carbocycles. The Morgan fingerprint density at radius 1 is 0.968 bits per heavy atom. The van der Waals surface area contributed by atoms with E-state index in [1.807, 2.05) is 41.4 Å². The van der Waals surface area contributed by atoms with Gasteiger partial charge in [-0.15, -0.1) is 0 Å². The molecule has 9 heteroatoms. The molecule has 31 heavy (non-hydrogen) atoms. The number of halogens is 3. The fraction of sp³-hybridized carbons (Fsp3) is 0.364. The summed E-state index contributed by atoms with van der Waals surface area (Å²) in [6.07, 6.45) is 0.426. The van der Waals surface area contributed by atoms with E-state index < -0.39 is 17.6 Å². The van der Waals surface area contributed by atoms with Gasteiger partial charge in [-0.1, -0.05) is 30.3 Å². The minimum atomic E-state index is -4.57. The van der Waals surface area contributed by atoms with E-state index in [1.165, 1.54) is 6.07 Å². The van der Waals surface area contributed by atoms with E-state index in [1.54, 1.807) is 0 Å². The molecule has 0 unspecified atom stereocenters. The van der Waals surface area contributed by atoms with Crippen LogP contribution >= 0.6 is 0 Å². The van der Waals surface area contributed by atoms with Crippen LogP contribution in [0.15, 0.2) is 48.8 Å². The Morgan fingerprint density at radius 2 is 1.74 bits per heavy atom. The second-order valence-corrected chi connectivity index (χ2v) is 7.75. The fourth-order valence-electron chi connectivity index (χ4n) is 4.28. The lowest BCUT2D eigenvalue weighted by Gasteiger charge is -2.44. The minimum Gasteiger partial charge on any atom is -0.368 e. The Hall–Kier alpha value is -3.07. The van der Waals surface area contributed by atoms with Crippen molar-refractivity contribution in [2.75, 3.05) is 24.6 Å². The zero-order valence-corrected chi connectivity index (χ0v) is 16.6. The molecule has 5 rings (SSSR count). The van der Waals surface area contributed by atoms with E-state index in [9.17, 15) is 13.2 Å². The summed E-state index contributed by atoms with van der Waals surface area (Å²) in [7, 11) is 0. The van der Waals surface area contributed by atoms with E-state index in [0.717, 1.165) is 29.4 Å². The topological polar surface area (TPSA) is 64.0 Å². The molecule has 2 aliphatic heterocycles. The van der Waals surface area contributed by atoms with Crippen molar-refractivity contribution in [2.24, 2.45) is 0 Å². The molecule has 1 aromatic carbocycles. The van der Waals surface area contributed by atoms with Gasteiger partial charge in [-0.3, -0.25) is 0 Å². The minimum absolute atomic E-state index is 0.279. The van der Waals surface area contributed by atoms with E-state index >= 15 is 0 Å². The van der Waals surface area contributed by atoms with Crippen LogP contribution in [-0.2, 0) is 22.9 Å². The van der Waals surface area contributed by atoms with Crippen molar-refractivity contribution in [3.05, 3.63) is 65.9 Å². The van der Waals surface area contributed by atoms with Gasteiger partial charge in [0.1, 0.15) is 11.4 Å². The van der Waals surface area contributed by atoms with Crippen LogP contribution in [0.25, 0.3) is 11.4 Å². The Kier molecular flexibility index (Phi) is 4.85. The van der Waals surface area contributed by atoms with Crippen LogP contribution in [0.3, 0.4) is 0 Å². The monoisotopic (exact) mass is 427 g/mol. The highest BCUT2D eigenvalue weighted by Gasteiger charge is 2.43. The van der Waals surface area contributed by atoms with Gasteiger partial charge in [0.2, 0.25) is 5.82 Å². The van der Waals surface area contributed by atoms with E-state index in [-0.39, 0.29) is 5.82 Å². The van der Waals surface area contributed by atoms with Crippen molar-refractivity contribution in [3.8, 4) is 11.4 Å². The van der Waals surface area contributed by atoms with E-state index in [0.29, 0.717) is 38.4 Å². The first-order valence-electron chi connectivity index (χ1n) is 10.2. The molecular weight excluding hydrogens is 407 g/mol. The standard InChI is InChI=1S/C22H20F3N5O/c23-22(24,25)20-26-10-6-17(28-20)30-11-8-21(9-12-30)18-16(7-13-31-21)14-27-19(29-18)15-4-2-1-3-5-15/h1-6,10,14H,7-9,11-13H2. The molecule has 0 radical (unpaired) electrons. The predicted molar refractivity (Wildman–Crippen MR) is 107 cm³/mol. The molecule has 0 N–H and O–H groups in total. The highest BCUT2D eigenvalue weighted by Crippen LogP contribution is 2.41. The number of hydrogen-bond acceptors (Lipinski definition) is 6. The maximum absolute atomic E-state index is 13.0. The van der Waals surface area contributed by atoms with Gasteiger partial charge in [0.05, 0.1) is 12.3 Å². The first kappa shape index (κ1) is 19.9. The van der Waals surface area contributed by atoms with Crippen LogP contribution in [0.4, 0.5) is 19.0 Å². The van der Waals surface area contributed by atoms with Crippen LogP contribution in [0.5, 0.6) is 0 Å². The lowest BCUT2D eigenvalue weighted by molar-refractivity contribution is -0.144. The number of aromatic nitrogens is 4. The first-order valence-corrected chi connectivity index (χ1v) is 10.2. The maximum Gasteiger partial charge on any atom is 0.451 e. The number of ether oxygens (including phenoxy) is 1. The molecule has 1 fully saturated rings. The van der Waals surface area contributed by atoms with Crippen LogP contribution in [-0.4, -0.2) is 39.6 Å². The average Bonchev–Trinajstić information content (AvgIpc) is 2.80. The summed E-state index contributed by atoms with van der Waals surface area (Å²) < 4.78 is 45.2. The smallest absolute Gasteiger partial charge is 0.368 e. The highest BCUT2D eigenvalue weighted by atomic mass is 19.4. The number of alkyl halides is 3. The number of rotatable bonds is 2. The molecule has 6 nitrogen and oxygen atoms in total. The summed E-state index contributed by atoms with van der Waals surface area (Å²) in [5.74, 6) is -0.192. The average molecular weight is 427 g/mol. The number of benzene rings is 1. The number of fused-ring (bicyclic) bond motifs is 2. The van der Waals surface area contributed by atoms with Gasteiger partial charge in [-0.2, -0.15) is 13.2 Å². The van der Waals surface area contributed by atoms with Crippen molar-refractivity contribution in [2.45, 2.75) is 31.0 Å². The van der Waals surface area contributed by atoms with Crippen LogP contribution in [0.2, 0.25) is 0 Å². The fourth-order valence-corrected chi connectivity index (χ4v) is 4.28. The second-order valence-electron chi connectivity index (χ2n) is 7.75. The SMILES string of the molecule is FC(F)(F)c1nccc(N2CCC3(CC2)OCCc2cnc(-c4ccccc4)nc23)n1. The summed E-state index contributed by atoms with van der Waals surface area (Å²) in [5.41, 5.74) is 2.34. The van der Waals surface area contributed by atoms with Crippen LogP contribution < -0.4 is 4.90 Å². The molecule has 0 atom stereocenters. The Morgan fingerprint density at radius 3 is 2.48 bits per heavy atom. The summed E-state index contributed by atoms with van der Waals surface area (Å²) in [6, 6.07) is 11.3. The quantitative estimate of drug-likeness (QED) is 0.616. The molecule has 0 bridgehead atoms. The molecule has 0 saturated carbocycles. The van der Waals surface area contributed by atoms with Crippen molar-refractivity contribution in [3.63, 3.8) is 0 Å². The summed E-state index contributed by atoms with van der Waals surface area (Å²) in [6.45, 7) is 1.60. The predicted octanol–water partition coefficient (Wildman–Crippen LogP) is 4.02. The Bertz CT molecular complexity index is 1080. The molecule has 2 aromatic heterocycles. The van der Waals surface area contributed by atoms with Gasteiger partial charge in [-0.05, 0) is 30.9 Å². The largest absolute Gasteiger partial charge is 0.451 e. The van der Waals surface area contributed by atoms with Crippen molar-refractivity contribution >= 4 is 5.82 Å². The molecule has 160 valence electrons. The third-order valence-corrected chi connectivity index (χ3v) is 5.87. The van der Waals surface area contributed by atoms with Gasteiger partial charge in [-0.25, -0.2) is 19.9 Å². The lowest BCUT2D eigenvalue weighted by atomic mass is 9.83. The van der Waals surface area contributed by atoms with Gasteiger partial charge >= 0.3 is 6.18 Å². The molecule has 2 aliphatic rings. The second kappa shape index (κ2) is 7.56. The number of piperidine rings is 1. The summed E-state index contributed by atoms with van der Waals surface area (Å²) >= 11 is 0. The Balaban J connectivity index is 1.41. The third-order valence-electron chi connectivity index (χ3n) is 5.87. The van der Waals surface area contributed by atoms with Crippen LogP contribution in [0, 0.1) is 0 Å². The van der Waals surface area contributed by atoms with Crippen LogP contribution in [0.1, 0.15) is 29.9 Å². The highest BCUT2D eigenvalue weighted by molar-refractivity contribution is 5.55. The maximum atomic E-state index is 13.0. The summed E-state index contributed by atoms with van der Waals surface area (Å²) in [5, 5.41) is 0. The summed E-state index contributed by atoms with van der Waals surface area (Å²) in [4.78, 5) is 18.3. The van der Waals surface area contributed by atoms with Crippen molar-refractivity contribution < 1.29 is 17.9 Å². The molecule has 4 heterocycles. The van der Waals surface area contributed by atoms with Gasteiger partial charge in [0, 0.05) is 31.0 Å². The third kappa shape index (κ3) is 3.74. The molecule has 1 spiro atoms. The van der Waals surface area contributed by atoms with Gasteiger partial charge < -0.3 is 9.64 Å². The first-order chi connectivity index (χ1) is 14.9. The molecule has 3 aromatic rings.